The summed E-state index contributed by atoms with van der Waals surface area (Å²) in [7, 11) is 0. The summed E-state index contributed by atoms with van der Waals surface area (Å²) in [6.45, 7) is 0.849. The molecule has 1 aromatic carbocycles. The zero-order chi connectivity index (χ0) is 12.1. The highest BCUT2D eigenvalue weighted by molar-refractivity contribution is 8.00. The summed E-state index contributed by atoms with van der Waals surface area (Å²) in [6.07, 6.45) is 0.0523. The van der Waals surface area contributed by atoms with Gasteiger partial charge in [0.15, 0.2) is 0 Å². The number of nitrogens with zero attached hydrogens (tertiary/aromatic N) is 1. The molecule has 5 heteroatoms. The molecule has 2 rings (SSSR count). The van der Waals surface area contributed by atoms with Crippen LogP contribution in [0.15, 0.2) is 29.3 Å². The van der Waals surface area contributed by atoms with E-state index in [0.29, 0.717) is 0 Å². The minimum Gasteiger partial charge on any atom is -0.481 e. The highest BCUT2D eigenvalue weighted by Gasteiger charge is 2.06. The van der Waals surface area contributed by atoms with E-state index in [1.807, 2.05) is 36.0 Å². The normalized spacial score (nSPS) is 15.2. The number of aliphatic carboxylic acids is 1. The number of amidine groups is 1. The monoisotopic (exact) mass is 250 g/mol. The molecule has 17 heavy (non-hydrogen) atoms. The minimum absolute atomic E-state index is 0.0523. The molecule has 0 radical (unpaired) electrons. The highest BCUT2D eigenvalue weighted by Crippen LogP contribution is 2.14. The maximum absolute atomic E-state index is 10.6. The number of hydrogen-bond acceptors (Lipinski definition) is 4. The molecule has 1 aliphatic rings. The average molecular weight is 250 g/mol. The van der Waals surface area contributed by atoms with E-state index in [1.165, 1.54) is 0 Å². The Labute approximate surface area is 104 Å². The molecule has 0 spiro atoms. The van der Waals surface area contributed by atoms with Crippen molar-refractivity contribution in [1.82, 2.24) is 0 Å². The van der Waals surface area contributed by atoms with Gasteiger partial charge in [-0.2, -0.15) is 11.8 Å². The van der Waals surface area contributed by atoms with Crippen molar-refractivity contribution in [2.45, 2.75) is 6.42 Å². The number of thioether (sulfide) groups is 1. The first-order valence-electron chi connectivity index (χ1n) is 5.43. The van der Waals surface area contributed by atoms with Crippen LogP contribution < -0.4 is 5.32 Å². The zero-order valence-corrected chi connectivity index (χ0v) is 10.2. The van der Waals surface area contributed by atoms with E-state index in [1.54, 1.807) is 0 Å². The third-order valence-corrected chi connectivity index (χ3v) is 3.30. The van der Waals surface area contributed by atoms with Gasteiger partial charge in [0, 0.05) is 11.4 Å². The Morgan fingerprint density at radius 2 is 2.41 bits per heavy atom. The lowest BCUT2D eigenvalue weighted by molar-refractivity contribution is -0.136. The Morgan fingerprint density at radius 3 is 3.12 bits per heavy atom. The first kappa shape index (κ1) is 12.0. The van der Waals surface area contributed by atoms with Crippen molar-refractivity contribution in [3.63, 3.8) is 0 Å². The molecule has 0 saturated heterocycles. The Bertz CT molecular complexity index is 446. The van der Waals surface area contributed by atoms with Crippen molar-refractivity contribution in [3.8, 4) is 0 Å². The molecule has 0 unspecified atom stereocenters. The van der Waals surface area contributed by atoms with Crippen molar-refractivity contribution >= 4 is 29.3 Å². The molecule has 1 heterocycles. The first-order valence-corrected chi connectivity index (χ1v) is 6.58. The number of hydrogen-bond donors (Lipinski definition) is 2. The lowest BCUT2D eigenvalue weighted by Gasteiger charge is -2.14. The molecule has 90 valence electrons. The number of aliphatic imine (C=N–C) groups is 1. The van der Waals surface area contributed by atoms with Gasteiger partial charge in [-0.25, -0.2) is 0 Å². The van der Waals surface area contributed by atoms with Gasteiger partial charge < -0.3 is 10.4 Å². The Hall–Kier alpha value is -1.49. The van der Waals surface area contributed by atoms with Crippen LogP contribution in [0.2, 0.25) is 0 Å². The molecule has 0 amide bonds. The molecule has 0 bridgehead atoms. The number of carboxylic acid groups (broad SMARTS) is 1. The summed E-state index contributed by atoms with van der Waals surface area (Å²) < 4.78 is 0. The molecule has 0 fully saturated rings. The van der Waals surface area contributed by atoms with Crippen LogP contribution in [0.5, 0.6) is 0 Å². The van der Waals surface area contributed by atoms with Crippen molar-refractivity contribution in [1.29, 1.82) is 0 Å². The van der Waals surface area contributed by atoms with Crippen LogP contribution in [0.3, 0.4) is 0 Å². The number of benzene rings is 1. The quantitative estimate of drug-likeness (QED) is 0.859. The number of anilines is 1. The van der Waals surface area contributed by atoms with E-state index in [2.05, 4.69) is 10.3 Å². The van der Waals surface area contributed by atoms with Crippen LogP contribution >= 0.6 is 11.8 Å². The van der Waals surface area contributed by atoms with E-state index in [4.69, 9.17) is 5.11 Å². The molecular weight excluding hydrogens is 236 g/mol. The SMILES string of the molecule is O=C(O)Cc1cccc(NC2=NCCSC2)c1. The van der Waals surface area contributed by atoms with Gasteiger partial charge in [-0.1, -0.05) is 12.1 Å². The van der Waals surface area contributed by atoms with Crippen molar-refractivity contribution in [2.24, 2.45) is 4.99 Å². The van der Waals surface area contributed by atoms with Crippen molar-refractivity contribution in [3.05, 3.63) is 29.8 Å². The summed E-state index contributed by atoms with van der Waals surface area (Å²) in [5.74, 6) is 2.12. The zero-order valence-electron chi connectivity index (χ0n) is 9.35. The van der Waals surface area contributed by atoms with Crippen LogP contribution in [0.25, 0.3) is 0 Å². The van der Waals surface area contributed by atoms with E-state index >= 15 is 0 Å². The van der Waals surface area contributed by atoms with Gasteiger partial charge in [-0.05, 0) is 17.7 Å². The highest BCUT2D eigenvalue weighted by atomic mass is 32.2. The smallest absolute Gasteiger partial charge is 0.307 e. The van der Waals surface area contributed by atoms with E-state index in [-0.39, 0.29) is 6.42 Å². The van der Waals surface area contributed by atoms with Gasteiger partial charge in [0.25, 0.3) is 0 Å². The molecule has 0 aromatic heterocycles. The molecule has 0 atom stereocenters. The second-order valence-electron chi connectivity index (χ2n) is 3.78. The molecule has 0 aliphatic carbocycles. The largest absolute Gasteiger partial charge is 0.481 e. The van der Waals surface area contributed by atoms with Crippen LogP contribution in [-0.2, 0) is 11.2 Å². The Kier molecular flexibility index (Phi) is 4.03. The first-order chi connectivity index (χ1) is 8.24. The Morgan fingerprint density at radius 1 is 1.53 bits per heavy atom. The lowest BCUT2D eigenvalue weighted by Crippen LogP contribution is -2.19. The molecule has 1 aliphatic heterocycles. The van der Waals surface area contributed by atoms with Crippen LogP contribution in [0.4, 0.5) is 5.69 Å². The van der Waals surface area contributed by atoms with Gasteiger partial charge >= 0.3 is 5.97 Å². The summed E-state index contributed by atoms with van der Waals surface area (Å²) in [6, 6.07) is 7.46. The fourth-order valence-electron chi connectivity index (χ4n) is 1.64. The predicted octanol–water partition coefficient (Wildman–Crippen LogP) is 1.87. The standard InChI is InChI=1S/C12H14N2O2S/c15-12(16)7-9-2-1-3-10(6-9)14-11-8-17-5-4-13-11/h1-3,6H,4-5,7-8H2,(H,13,14)(H,15,16). The number of rotatable bonds is 3. The van der Waals surface area contributed by atoms with E-state index in [0.717, 1.165) is 35.1 Å². The maximum atomic E-state index is 10.6. The van der Waals surface area contributed by atoms with E-state index in [9.17, 15) is 4.79 Å². The van der Waals surface area contributed by atoms with Gasteiger partial charge in [-0.3, -0.25) is 9.79 Å². The summed E-state index contributed by atoms with van der Waals surface area (Å²) in [4.78, 5) is 15.0. The van der Waals surface area contributed by atoms with Gasteiger partial charge in [0.05, 0.1) is 18.7 Å². The van der Waals surface area contributed by atoms with Crippen molar-refractivity contribution in [2.75, 3.05) is 23.4 Å². The number of carboxylic acids is 1. The lowest BCUT2D eigenvalue weighted by atomic mass is 10.1. The fourth-order valence-corrected chi connectivity index (χ4v) is 2.36. The van der Waals surface area contributed by atoms with E-state index < -0.39 is 5.97 Å². The van der Waals surface area contributed by atoms with Crippen LogP contribution in [-0.4, -0.2) is 35.0 Å². The second-order valence-corrected chi connectivity index (χ2v) is 4.88. The number of carbonyl (C=O) groups is 1. The average Bonchev–Trinajstić information content (AvgIpc) is 2.30. The minimum atomic E-state index is -0.812. The molecule has 4 nitrogen and oxygen atoms in total. The third kappa shape index (κ3) is 3.78. The van der Waals surface area contributed by atoms with Crippen LogP contribution in [0, 0.1) is 0 Å². The summed E-state index contributed by atoms with van der Waals surface area (Å²) in [5, 5.41) is 12.0. The molecule has 1 aromatic rings. The van der Waals surface area contributed by atoms with Gasteiger partial charge in [0.2, 0.25) is 0 Å². The topological polar surface area (TPSA) is 61.7 Å². The predicted molar refractivity (Wildman–Crippen MR) is 71.0 cm³/mol. The van der Waals surface area contributed by atoms with Gasteiger partial charge in [-0.15, -0.1) is 0 Å². The molecule has 0 saturated carbocycles. The Balaban J connectivity index is 2.05. The maximum Gasteiger partial charge on any atom is 0.307 e. The van der Waals surface area contributed by atoms with Gasteiger partial charge in [0.1, 0.15) is 5.84 Å². The molecule has 2 N–H and O–H groups in total. The fraction of sp³-hybridized carbons (Fsp3) is 0.333. The number of nitrogens with one attached hydrogen (secondary N) is 1. The second kappa shape index (κ2) is 5.72. The summed E-state index contributed by atoms with van der Waals surface area (Å²) >= 11 is 1.85. The van der Waals surface area contributed by atoms with Crippen molar-refractivity contribution < 1.29 is 9.90 Å². The third-order valence-electron chi connectivity index (χ3n) is 2.35. The summed E-state index contributed by atoms with van der Waals surface area (Å²) in [5.41, 5.74) is 1.71. The van der Waals surface area contributed by atoms with Crippen LogP contribution in [0.1, 0.15) is 5.56 Å². The molecular formula is C12H14N2O2S.